The fourth-order valence-corrected chi connectivity index (χ4v) is 4.23. The van der Waals surface area contributed by atoms with Crippen molar-refractivity contribution < 1.29 is 32.2 Å². The second kappa shape index (κ2) is 10.4. The van der Waals surface area contributed by atoms with Gasteiger partial charge in [-0.2, -0.15) is 0 Å². The highest BCUT2D eigenvalue weighted by atomic mass is 32.2. The summed E-state index contributed by atoms with van der Waals surface area (Å²) in [4.78, 5) is 17.0. The number of nitrogens with one attached hydrogen (secondary N) is 2. The lowest BCUT2D eigenvalue weighted by atomic mass is 10.1. The molecule has 0 aliphatic carbocycles. The SMILES string of the molecule is COCCOc1ccc(NC(=O)c2ccccc2NS(=O)(=O)c2ccc3c(c2)OCCO3)cn1. The number of para-hydroxylation sites is 1. The van der Waals surface area contributed by atoms with Gasteiger partial charge < -0.3 is 24.3 Å². The van der Waals surface area contributed by atoms with E-state index in [0.717, 1.165) is 0 Å². The third-order valence-corrected chi connectivity index (χ3v) is 6.13. The first kappa shape index (κ1) is 23.3. The minimum absolute atomic E-state index is 0.0137. The zero-order chi connectivity index (χ0) is 24.0. The van der Waals surface area contributed by atoms with Crippen LogP contribution < -0.4 is 24.2 Å². The van der Waals surface area contributed by atoms with E-state index in [9.17, 15) is 13.2 Å². The quantitative estimate of drug-likeness (QED) is 0.443. The maximum atomic E-state index is 13.0. The Bertz CT molecular complexity index is 1260. The largest absolute Gasteiger partial charge is 0.486 e. The number of anilines is 2. The molecule has 2 heterocycles. The molecule has 1 amide bonds. The van der Waals surface area contributed by atoms with E-state index >= 15 is 0 Å². The van der Waals surface area contributed by atoms with Gasteiger partial charge in [-0.15, -0.1) is 0 Å². The van der Waals surface area contributed by atoms with Gasteiger partial charge in [-0.25, -0.2) is 13.4 Å². The summed E-state index contributed by atoms with van der Waals surface area (Å²) in [5.74, 6) is 0.717. The Morgan fingerprint density at radius 2 is 1.82 bits per heavy atom. The van der Waals surface area contributed by atoms with Gasteiger partial charge in [-0.3, -0.25) is 9.52 Å². The van der Waals surface area contributed by atoms with E-state index in [1.165, 1.54) is 36.5 Å². The van der Waals surface area contributed by atoms with Crippen LogP contribution in [0.15, 0.2) is 65.7 Å². The molecule has 0 fully saturated rings. The topological polar surface area (TPSA) is 125 Å². The molecule has 0 radical (unpaired) electrons. The van der Waals surface area contributed by atoms with E-state index in [4.69, 9.17) is 18.9 Å². The molecule has 0 atom stereocenters. The normalized spacial score (nSPS) is 12.6. The van der Waals surface area contributed by atoms with Gasteiger partial charge in [-0.05, 0) is 30.3 Å². The lowest BCUT2D eigenvalue weighted by Crippen LogP contribution is -2.19. The van der Waals surface area contributed by atoms with Gasteiger partial charge in [0.05, 0.1) is 34.6 Å². The van der Waals surface area contributed by atoms with Gasteiger partial charge in [0.2, 0.25) is 5.88 Å². The summed E-state index contributed by atoms with van der Waals surface area (Å²) in [6.45, 7) is 1.52. The van der Waals surface area contributed by atoms with Gasteiger partial charge >= 0.3 is 0 Å². The molecule has 1 aromatic heterocycles. The third-order valence-electron chi connectivity index (χ3n) is 4.77. The van der Waals surface area contributed by atoms with E-state index in [1.54, 1.807) is 31.4 Å². The Morgan fingerprint density at radius 3 is 2.59 bits per heavy atom. The number of amides is 1. The molecule has 178 valence electrons. The molecule has 11 heteroatoms. The number of hydrogen-bond donors (Lipinski definition) is 2. The number of benzene rings is 2. The number of fused-ring (bicyclic) bond motifs is 1. The molecule has 10 nitrogen and oxygen atoms in total. The standard InChI is InChI=1S/C23H23N3O7S/c1-30-10-11-33-22-9-6-16(15-24-22)25-23(27)18-4-2-3-5-19(18)26-34(28,29)17-7-8-20-21(14-17)32-13-12-31-20/h2-9,14-15,26H,10-13H2,1H3,(H,25,27). The Kier molecular flexibility index (Phi) is 7.14. The second-order valence-electron chi connectivity index (χ2n) is 7.14. The minimum atomic E-state index is -4.00. The van der Waals surface area contributed by atoms with Gasteiger partial charge in [-0.1, -0.05) is 12.1 Å². The number of nitrogens with zero attached hydrogens (tertiary/aromatic N) is 1. The van der Waals surface area contributed by atoms with Crippen LogP contribution in [-0.2, 0) is 14.8 Å². The molecule has 3 aromatic rings. The Morgan fingerprint density at radius 1 is 1.03 bits per heavy atom. The van der Waals surface area contributed by atoms with E-state index in [0.29, 0.717) is 49.5 Å². The number of carbonyl (C=O) groups is 1. The number of rotatable bonds is 9. The highest BCUT2D eigenvalue weighted by Gasteiger charge is 2.22. The number of ether oxygens (including phenoxy) is 4. The summed E-state index contributed by atoms with van der Waals surface area (Å²) in [6, 6.07) is 13.9. The molecule has 2 aromatic carbocycles. The molecule has 0 saturated carbocycles. The van der Waals surface area contributed by atoms with Crippen molar-refractivity contribution in [3.05, 3.63) is 66.4 Å². The first-order valence-corrected chi connectivity index (χ1v) is 11.9. The van der Waals surface area contributed by atoms with Crippen LogP contribution >= 0.6 is 0 Å². The zero-order valence-corrected chi connectivity index (χ0v) is 19.1. The molecule has 34 heavy (non-hydrogen) atoms. The number of carbonyl (C=O) groups excluding carboxylic acids is 1. The van der Waals surface area contributed by atoms with E-state index in [1.807, 2.05) is 0 Å². The van der Waals surface area contributed by atoms with E-state index in [-0.39, 0.29) is 16.1 Å². The fraction of sp³-hybridized carbons (Fsp3) is 0.217. The van der Waals surface area contributed by atoms with Crippen molar-refractivity contribution in [3.8, 4) is 17.4 Å². The van der Waals surface area contributed by atoms with Crippen LogP contribution in [0.1, 0.15) is 10.4 Å². The molecule has 1 aliphatic heterocycles. The highest BCUT2D eigenvalue weighted by molar-refractivity contribution is 7.92. The van der Waals surface area contributed by atoms with Crippen molar-refractivity contribution in [2.75, 3.05) is 43.6 Å². The van der Waals surface area contributed by atoms with Crippen molar-refractivity contribution >= 4 is 27.3 Å². The molecule has 4 rings (SSSR count). The lowest BCUT2D eigenvalue weighted by molar-refractivity contribution is 0.102. The molecule has 0 unspecified atom stereocenters. The number of pyridine rings is 1. The predicted octanol–water partition coefficient (Wildman–Crippen LogP) is 2.93. The monoisotopic (exact) mass is 485 g/mol. The summed E-state index contributed by atoms with van der Waals surface area (Å²) in [6.07, 6.45) is 1.45. The van der Waals surface area contributed by atoms with Crippen LogP contribution in [0.4, 0.5) is 11.4 Å². The van der Waals surface area contributed by atoms with Crippen LogP contribution in [0, 0.1) is 0 Å². The van der Waals surface area contributed by atoms with Gasteiger partial charge in [0.25, 0.3) is 15.9 Å². The fourth-order valence-electron chi connectivity index (χ4n) is 3.13. The van der Waals surface area contributed by atoms with Crippen molar-refractivity contribution in [2.24, 2.45) is 0 Å². The third kappa shape index (κ3) is 5.56. The summed E-state index contributed by atoms with van der Waals surface area (Å²) < 4.78 is 49.7. The highest BCUT2D eigenvalue weighted by Crippen LogP contribution is 2.33. The van der Waals surface area contributed by atoms with Crippen molar-refractivity contribution in [1.82, 2.24) is 4.98 Å². The number of sulfonamides is 1. The summed E-state index contributed by atoms with van der Waals surface area (Å²) in [5, 5.41) is 2.71. The Balaban J connectivity index is 1.48. The van der Waals surface area contributed by atoms with Gasteiger partial charge in [0, 0.05) is 19.2 Å². The van der Waals surface area contributed by atoms with Crippen LogP contribution in [-0.4, -0.2) is 52.8 Å². The van der Waals surface area contributed by atoms with Crippen LogP contribution in [0.25, 0.3) is 0 Å². The van der Waals surface area contributed by atoms with Gasteiger partial charge in [0.15, 0.2) is 11.5 Å². The number of hydrogen-bond acceptors (Lipinski definition) is 8. The minimum Gasteiger partial charge on any atom is -0.486 e. The summed E-state index contributed by atoms with van der Waals surface area (Å²) in [5.41, 5.74) is 0.694. The summed E-state index contributed by atoms with van der Waals surface area (Å²) >= 11 is 0. The average molecular weight is 486 g/mol. The van der Waals surface area contributed by atoms with Crippen LogP contribution in [0.3, 0.4) is 0 Å². The Labute approximate surface area is 196 Å². The zero-order valence-electron chi connectivity index (χ0n) is 18.3. The van der Waals surface area contributed by atoms with Crippen LogP contribution in [0.2, 0.25) is 0 Å². The smallest absolute Gasteiger partial charge is 0.262 e. The predicted molar refractivity (Wildman–Crippen MR) is 124 cm³/mol. The maximum Gasteiger partial charge on any atom is 0.262 e. The lowest BCUT2D eigenvalue weighted by Gasteiger charge is -2.19. The van der Waals surface area contributed by atoms with Crippen molar-refractivity contribution in [3.63, 3.8) is 0 Å². The molecule has 1 aliphatic rings. The van der Waals surface area contributed by atoms with Crippen molar-refractivity contribution in [2.45, 2.75) is 4.90 Å². The molecule has 0 bridgehead atoms. The summed E-state index contributed by atoms with van der Waals surface area (Å²) in [7, 11) is -2.42. The average Bonchev–Trinajstić information content (AvgIpc) is 2.85. The molecule has 0 saturated heterocycles. The molecule has 0 spiro atoms. The van der Waals surface area contributed by atoms with E-state index < -0.39 is 15.9 Å². The molecular weight excluding hydrogens is 462 g/mol. The number of methoxy groups -OCH3 is 1. The van der Waals surface area contributed by atoms with Crippen LogP contribution in [0.5, 0.6) is 17.4 Å². The number of aromatic nitrogens is 1. The Hall–Kier alpha value is -3.83. The second-order valence-corrected chi connectivity index (χ2v) is 8.82. The van der Waals surface area contributed by atoms with Crippen molar-refractivity contribution in [1.29, 1.82) is 0 Å². The van der Waals surface area contributed by atoms with Gasteiger partial charge in [0.1, 0.15) is 19.8 Å². The maximum absolute atomic E-state index is 13.0. The molecule has 2 N–H and O–H groups in total. The van der Waals surface area contributed by atoms with E-state index in [2.05, 4.69) is 15.0 Å². The first-order valence-electron chi connectivity index (χ1n) is 10.4. The molecular formula is C23H23N3O7S. The first-order chi connectivity index (χ1) is 16.5.